The maximum Gasteiger partial charge on any atom is 0.255 e. The summed E-state index contributed by atoms with van der Waals surface area (Å²) in [5, 5.41) is 8.87. The lowest BCUT2D eigenvalue weighted by atomic mass is 10.1. The summed E-state index contributed by atoms with van der Waals surface area (Å²) in [5.41, 5.74) is 1.91. The molecule has 5 nitrogen and oxygen atoms in total. The van der Waals surface area contributed by atoms with Crippen LogP contribution in [0, 0.1) is 11.7 Å². The van der Waals surface area contributed by atoms with Gasteiger partial charge in [0, 0.05) is 24.3 Å². The number of benzene rings is 2. The molecule has 0 saturated carbocycles. The largest absolute Gasteiger partial charge is 0.352 e. The molecule has 1 atom stereocenters. The van der Waals surface area contributed by atoms with Crippen LogP contribution in [-0.4, -0.2) is 24.9 Å². The van der Waals surface area contributed by atoms with Gasteiger partial charge in [-0.1, -0.05) is 12.1 Å². The molecule has 2 aromatic rings. The lowest BCUT2D eigenvalue weighted by Gasteiger charge is -2.11. The molecule has 0 aromatic heterocycles. The van der Waals surface area contributed by atoms with Crippen molar-refractivity contribution in [3.8, 4) is 0 Å². The molecule has 2 aromatic carbocycles. The van der Waals surface area contributed by atoms with Crippen molar-refractivity contribution in [3.63, 3.8) is 0 Å². The molecule has 3 rings (SSSR count). The van der Waals surface area contributed by atoms with Gasteiger partial charge >= 0.3 is 0 Å². The molecular weight excluding hydrogens is 321 g/mol. The number of anilines is 1. The maximum atomic E-state index is 12.9. The van der Waals surface area contributed by atoms with Gasteiger partial charge in [0.05, 0.1) is 5.92 Å². The summed E-state index contributed by atoms with van der Waals surface area (Å²) in [5.74, 6) is -0.614. The van der Waals surface area contributed by atoms with Crippen molar-refractivity contribution in [2.45, 2.75) is 13.0 Å². The molecule has 1 aliphatic rings. The average molecular weight is 341 g/mol. The summed E-state index contributed by atoms with van der Waals surface area (Å²) in [6.07, 6.45) is 0.861. The molecule has 130 valence electrons. The van der Waals surface area contributed by atoms with Gasteiger partial charge in [0.25, 0.3) is 5.91 Å². The van der Waals surface area contributed by atoms with Crippen molar-refractivity contribution in [1.29, 1.82) is 0 Å². The van der Waals surface area contributed by atoms with Gasteiger partial charge in [-0.3, -0.25) is 9.59 Å². The van der Waals surface area contributed by atoms with Crippen LogP contribution in [-0.2, 0) is 11.3 Å². The molecule has 0 aliphatic carbocycles. The summed E-state index contributed by atoms with van der Waals surface area (Å²) in [7, 11) is 0. The third-order valence-corrected chi connectivity index (χ3v) is 4.19. The molecule has 0 bridgehead atoms. The van der Waals surface area contributed by atoms with E-state index in [9.17, 15) is 14.0 Å². The summed E-state index contributed by atoms with van der Waals surface area (Å²) in [6.45, 7) is 2.01. The minimum Gasteiger partial charge on any atom is -0.352 e. The SMILES string of the molecule is O=C(Nc1cccc(CNC(=O)C2CCNC2)c1)c1ccc(F)cc1. The van der Waals surface area contributed by atoms with Crippen LogP contribution in [0.1, 0.15) is 22.3 Å². The normalized spacial score (nSPS) is 16.4. The Labute approximate surface area is 145 Å². The first-order valence-electron chi connectivity index (χ1n) is 8.26. The predicted molar refractivity (Wildman–Crippen MR) is 93.6 cm³/mol. The number of rotatable bonds is 5. The number of hydrogen-bond donors (Lipinski definition) is 3. The molecule has 1 saturated heterocycles. The first-order valence-corrected chi connectivity index (χ1v) is 8.26. The van der Waals surface area contributed by atoms with Crippen LogP contribution in [0.25, 0.3) is 0 Å². The summed E-state index contributed by atoms with van der Waals surface area (Å²) >= 11 is 0. The van der Waals surface area contributed by atoms with Crippen molar-refractivity contribution in [2.75, 3.05) is 18.4 Å². The zero-order valence-corrected chi connectivity index (χ0v) is 13.7. The maximum absolute atomic E-state index is 12.9. The highest BCUT2D eigenvalue weighted by Crippen LogP contribution is 2.14. The Morgan fingerprint density at radius 3 is 2.68 bits per heavy atom. The van der Waals surface area contributed by atoms with Crippen molar-refractivity contribution < 1.29 is 14.0 Å². The van der Waals surface area contributed by atoms with E-state index in [2.05, 4.69) is 16.0 Å². The zero-order chi connectivity index (χ0) is 17.6. The highest BCUT2D eigenvalue weighted by Gasteiger charge is 2.21. The van der Waals surface area contributed by atoms with Gasteiger partial charge < -0.3 is 16.0 Å². The molecule has 1 heterocycles. The molecule has 1 unspecified atom stereocenters. The Bertz CT molecular complexity index is 756. The third kappa shape index (κ3) is 4.64. The quantitative estimate of drug-likeness (QED) is 0.782. The van der Waals surface area contributed by atoms with Crippen LogP contribution >= 0.6 is 0 Å². The summed E-state index contributed by atoms with van der Waals surface area (Å²) < 4.78 is 12.9. The molecule has 1 aliphatic heterocycles. The number of carbonyl (C=O) groups excluding carboxylic acids is 2. The van der Waals surface area contributed by atoms with Crippen LogP contribution in [0.3, 0.4) is 0 Å². The summed E-state index contributed by atoms with van der Waals surface area (Å²) in [6, 6.07) is 12.7. The van der Waals surface area contributed by atoms with Crippen LogP contribution in [0.4, 0.5) is 10.1 Å². The highest BCUT2D eigenvalue weighted by atomic mass is 19.1. The topological polar surface area (TPSA) is 70.2 Å². The molecule has 6 heteroatoms. The van der Waals surface area contributed by atoms with Crippen molar-refractivity contribution in [2.24, 2.45) is 5.92 Å². The van der Waals surface area contributed by atoms with Gasteiger partial charge in [0.2, 0.25) is 5.91 Å². The van der Waals surface area contributed by atoms with Gasteiger partial charge in [0.1, 0.15) is 5.82 Å². The van der Waals surface area contributed by atoms with Crippen molar-refractivity contribution >= 4 is 17.5 Å². The number of nitrogens with one attached hydrogen (secondary N) is 3. The van der Waals surface area contributed by atoms with Crippen LogP contribution in [0.15, 0.2) is 48.5 Å². The van der Waals surface area contributed by atoms with E-state index in [1.54, 1.807) is 6.07 Å². The molecule has 25 heavy (non-hydrogen) atoms. The molecule has 1 fully saturated rings. The van der Waals surface area contributed by atoms with Crippen LogP contribution in [0.2, 0.25) is 0 Å². The third-order valence-electron chi connectivity index (χ3n) is 4.19. The van der Waals surface area contributed by atoms with Gasteiger partial charge in [-0.15, -0.1) is 0 Å². The van der Waals surface area contributed by atoms with Gasteiger partial charge in [-0.2, -0.15) is 0 Å². The number of amides is 2. The molecule has 3 N–H and O–H groups in total. The second-order valence-corrected chi connectivity index (χ2v) is 6.07. The first-order chi connectivity index (χ1) is 12.1. The Balaban J connectivity index is 1.58. The minimum atomic E-state index is -0.383. The molecular formula is C19H20FN3O2. The van der Waals surface area contributed by atoms with E-state index >= 15 is 0 Å². The molecule has 0 radical (unpaired) electrons. The number of hydrogen-bond acceptors (Lipinski definition) is 3. The standard InChI is InChI=1S/C19H20FN3O2/c20-16-6-4-14(5-7-16)19(25)23-17-3-1-2-13(10-17)11-22-18(24)15-8-9-21-12-15/h1-7,10,15,21H,8-9,11-12H2,(H,22,24)(H,23,25). The Kier molecular flexibility index (Phi) is 5.40. The van der Waals surface area contributed by atoms with Gasteiger partial charge in [-0.25, -0.2) is 4.39 Å². The van der Waals surface area contributed by atoms with E-state index in [0.717, 1.165) is 25.1 Å². The predicted octanol–water partition coefficient (Wildman–Crippen LogP) is 2.30. The Hall–Kier alpha value is -2.73. The smallest absolute Gasteiger partial charge is 0.255 e. The van der Waals surface area contributed by atoms with Crippen molar-refractivity contribution in [1.82, 2.24) is 10.6 Å². The van der Waals surface area contributed by atoms with Gasteiger partial charge in [0.15, 0.2) is 0 Å². The molecule has 0 spiro atoms. The lowest BCUT2D eigenvalue weighted by molar-refractivity contribution is -0.124. The molecule has 2 amide bonds. The number of carbonyl (C=O) groups is 2. The van der Waals surface area contributed by atoms with E-state index in [0.29, 0.717) is 17.8 Å². The van der Waals surface area contributed by atoms with Crippen LogP contribution in [0.5, 0.6) is 0 Å². The second-order valence-electron chi connectivity index (χ2n) is 6.07. The Morgan fingerprint density at radius 2 is 1.96 bits per heavy atom. The average Bonchev–Trinajstić information content (AvgIpc) is 3.15. The van der Waals surface area contributed by atoms with Crippen LogP contribution < -0.4 is 16.0 Å². The monoisotopic (exact) mass is 341 g/mol. The van der Waals surface area contributed by atoms with E-state index in [4.69, 9.17) is 0 Å². The summed E-state index contributed by atoms with van der Waals surface area (Å²) in [4.78, 5) is 24.2. The van der Waals surface area contributed by atoms with E-state index in [1.165, 1.54) is 24.3 Å². The van der Waals surface area contributed by atoms with E-state index < -0.39 is 0 Å². The zero-order valence-electron chi connectivity index (χ0n) is 13.7. The fourth-order valence-corrected chi connectivity index (χ4v) is 2.78. The van der Waals surface area contributed by atoms with Gasteiger partial charge in [-0.05, 0) is 54.9 Å². The second kappa shape index (κ2) is 7.90. The number of halogens is 1. The highest BCUT2D eigenvalue weighted by molar-refractivity contribution is 6.04. The van der Waals surface area contributed by atoms with E-state index in [-0.39, 0.29) is 23.5 Å². The van der Waals surface area contributed by atoms with Crippen molar-refractivity contribution in [3.05, 3.63) is 65.5 Å². The minimum absolute atomic E-state index is 0.0290. The lowest BCUT2D eigenvalue weighted by Crippen LogP contribution is -2.31. The fraction of sp³-hybridized carbons (Fsp3) is 0.263. The van der Waals surface area contributed by atoms with E-state index in [1.807, 2.05) is 18.2 Å². The fourth-order valence-electron chi connectivity index (χ4n) is 2.78. The Morgan fingerprint density at radius 1 is 1.16 bits per heavy atom. The first kappa shape index (κ1) is 17.1.